The third-order valence-electron chi connectivity index (χ3n) is 4.02. The van der Waals surface area contributed by atoms with Crippen LogP contribution in [0, 0.1) is 16.0 Å². The van der Waals surface area contributed by atoms with Gasteiger partial charge in [0.25, 0.3) is 0 Å². The third-order valence-corrected chi connectivity index (χ3v) is 4.48. The number of fused-ring (bicyclic) bond motifs is 1. The van der Waals surface area contributed by atoms with Crippen LogP contribution in [0.2, 0.25) is 0 Å². The highest BCUT2D eigenvalue weighted by molar-refractivity contribution is 7.71. The summed E-state index contributed by atoms with van der Waals surface area (Å²) in [6.07, 6.45) is 1.65. The van der Waals surface area contributed by atoms with Gasteiger partial charge in [-0.2, -0.15) is 5.26 Å². The third kappa shape index (κ3) is 3.92. The molecule has 6 heteroatoms. The van der Waals surface area contributed by atoms with Crippen molar-refractivity contribution >= 4 is 18.0 Å². The van der Waals surface area contributed by atoms with Crippen LogP contribution >= 0.6 is 12.2 Å². The Labute approximate surface area is 143 Å². The number of anilines is 1. The summed E-state index contributed by atoms with van der Waals surface area (Å²) in [6, 6.07) is 2.26. The lowest BCUT2D eigenvalue weighted by molar-refractivity contribution is -0.0406. The van der Waals surface area contributed by atoms with Crippen molar-refractivity contribution in [3.8, 4) is 6.07 Å². The van der Waals surface area contributed by atoms with E-state index in [1.165, 1.54) is 0 Å². The summed E-state index contributed by atoms with van der Waals surface area (Å²) in [5.41, 5.74) is 8.35. The lowest BCUT2D eigenvalue weighted by Crippen LogP contribution is -2.33. The molecular weight excluding hydrogens is 310 g/mol. The molecule has 1 aromatic rings. The maximum Gasteiger partial charge on any atom is 0.122 e. The average Bonchev–Trinajstić information content (AvgIpc) is 2.45. The quantitative estimate of drug-likeness (QED) is 0.660. The molecule has 0 saturated heterocycles. The molecule has 0 unspecified atom stereocenters. The number of pyridine rings is 1. The second-order valence-corrected chi connectivity index (χ2v) is 7.17. The van der Waals surface area contributed by atoms with Gasteiger partial charge in [0.05, 0.1) is 23.9 Å². The van der Waals surface area contributed by atoms with Gasteiger partial charge >= 0.3 is 0 Å². The molecule has 0 bridgehead atoms. The zero-order valence-corrected chi connectivity index (χ0v) is 15.1. The first-order valence-corrected chi connectivity index (χ1v) is 8.37. The van der Waals surface area contributed by atoms with Crippen LogP contribution in [-0.4, -0.2) is 22.9 Å². The van der Waals surface area contributed by atoms with Gasteiger partial charge in [-0.15, -0.1) is 0 Å². The van der Waals surface area contributed by atoms with Gasteiger partial charge in [-0.1, -0.05) is 12.2 Å². The highest BCUT2D eigenvalue weighted by Gasteiger charge is 2.30. The van der Waals surface area contributed by atoms with Crippen molar-refractivity contribution in [2.75, 3.05) is 12.3 Å². The van der Waals surface area contributed by atoms with Crippen molar-refractivity contribution in [2.24, 2.45) is 0 Å². The molecule has 1 aromatic heterocycles. The molecule has 1 aliphatic rings. The molecule has 0 saturated carbocycles. The number of nitrogens with zero attached hydrogens (tertiary/aromatic N) is 2. The maximum atomic E-state index is 9.56. The van der Waals surface area contributed by atoms with Gasteiger partial charge in [-0.3, -0.25) is 0 Å². The molecule has 5 nitrogen and oxygen atoms in total. The van der Waals surface area contributed by atoms with Crippen molar-refractivity contribution in [1.82, 2.24) is 4.57 Å². The number of nitrogens with two attached hydrogens (primary N) is 1. The Hall–Kier alpha value is -1.42. The number of nitriles is 1. The number of rotatable bonds is 5. The Kier molecular flexibility index (Phi) is 5.45. The SMILES string of the molecule is CC(C)OCCCn1c(N)c(C#N)c2c(c1=S)COC(C)(C)C2. The standard InChI is InChI=1S/C17H25N3O2S/c1-11(2)21-7-5-6-20-15(19)13(9-18)12-8-17(3,4)22-10-14(12)16(20)23/h11H,5-8,10,19H2,1-4H3. The van der Waals surface area contributed by atoms with Crippen molar-refractivity contribution in [3.05, 3.63) is 21.3 Å². The molecule has 0 aromatic carbocycles. The summed E-state index contributed by atoms with van der Waals surface area (Å²) in [5.74, 6) is 0.457. The van der Waals surface area contributed by atoms with Gasteiger partial charge in [0.2, 0.25) is 0 Å². The Morgan fingerprint density at radius 2 is 2.13 bits per heavy atom. The van der Waals surface area contributed by atoms with Crippen LogP contribution in [0.15, 0.2) is 0 Å². The van der Waals surface area contributed by atoms with Crippen molar-refractivity contribution in [2.45, 2.75) is 65.4 Å². The fraction of sp³-hybridized carbons (Fsp3) is 0.647. The van der Waals surface area contributed by atoms with E-state index in [1.807, 2.05) is 32.3 Å². The zero-order chi connectivity index (χ0) is 17.2. The van der Waals surface area contributed by atoms with E-state index in [-0.39, 0.29) is 11.7 Å². The minimum atomic E-state index is -0.301. The predicted molar refractivity (Wildman–Crippen MR) is 92.7 cm³/mol. The number of nitrogen functional groups attached to an aromatic ring is 1. The van der Waals surface area contributed by atoms with Gasteiger partial charge in [0.15, 0.2) is 0 Å². The zero-order valence-electron chi connectivity index (χ0n) is 14.3. The van der Waals surface area contributed by atoms with Crippen LogP contribution < -0.4 is 5.73 Å². The molecule has 0 fully saturated rings. The Bertz CT molecular complexity index is 687. The van der Waals surface area contributed by atoms with E-state index in [0.717, 1.165) is 17.5 Å². The van der Waals surface area contributed by atoms with E-state index in [4.69, 9.17) is 27.4 Å². The fourth-order valence-corrected chi connectivity index (χ4v) is 3.19. The van der Waals surface area contributed by atoms with E-state index in [9.17, 15) is 5.26 Å². The van der Waals surface area contributed by atoms with E-state index < -0.39 is 0 Å². The smallest absolute Gasteiger partial charge is 0.122 e. The maximum absolute atomic E-state index is 9.56. The molecule has 2 N–H and O–H groups in total. The lowest BCUT2D eigenvalue weighted by Gasteiger charge is -2.33. The van der Waals surface area contributed by atoms with Crippen LogP contribution in [0.5, 0.6) is 0 Å². The largest absolute Gasteiger partial charge is 0.384 e. The second kappa shape index (κ2) is 7.00. The molecule has 2 rings (SSSR count). The minimum absolute atomic E-state index is 0.203. The van der Waals surface area contributed by atoms with E-state index in [2.05, 4.69) is 6.07 Å². The first-order chi connectivity index (χ1) is 10.8. The summed E-state index contributed by atoms with van der Waals surface area (Å²) in [5, 5.41) is 9.56. The molecule has 1 aliphatic heterocycles. The predicted octanol–water partition coefficient (Wildman–Crippen LogP) is 3.34. The summed E-state index contributed by atoms with van der Waals surface area (Å²) in [4.78, 5) is 0. The molecule has 126 valence electrons. The first kappa shape index (κ1) is 17.9. The van der Waals surface area contributed by atoms with Crippen molar-refractivity contribution in [3.63, 3.8) is 0 Å². The van der Waals surface area contributed by atoms with Crippen LogP contribution in [0.4, 0.5) is 5.82 Å². The normalized spacial score (nSPS) is 16.2. The lowest BCUT2D eigenvalue weighted by atomic mass is 9.89. The van der Waals surface area contributed by atoms with E-state index >= 15 is 0 Å². The van der Waals surface area contributed by atoms with Crippen molar-refractivity contribution in [1.29, 1.82) is 5.26 Å². The summed E-state index contributed by atoms with van der Waals surface area (Å²) < 4.78 is 14.0. The Morgan fingerprint density at radius 1 is 1.43 bits per heavy atom. The summed E-state index contributed by atoms with van der Waals surface area (Å²) >= 11 is 5.60. The topological polar surface area (TPSA) is 73.2 Å². The molecule has 2 heterocycles. The molecule has 0 radical (unpaired) electrons. The summed E-state index contributed by atoms with van der Waals surface area (Å²) in [7, 11) is 0. The van der Waals surface area contributed by atoms with E-state index in [1.54, 1.807) is 0 Å². The van der Waals surface area contributed by atoms with Gasteiger partial charge in [0.1, 0.15) is 16.5 Å². The molecular formula is C17H25N3O2S. The number of aromatic nitrogens is 1. The first-order valence-electron chi connectivity index (χ1n) is 7.96. The molecule has 0 amide bonds. The fourth-order valence-electron chi connectivity index (χ4n) is 2.82. The highest BCUT2D eigenvalue weighted by atomic mass is 32.1. The minimum Gasteiger partial charge on any atom is -0.384 e. The van der Waals surface area contributed by atoms with Crippen LogP contribution in [0.25, 0.3) is 0 Å². The molecule has 23 heavy (non-hydrogen) atoms. The van der Waals surface area contributed by atoms with Crippen LogP contribution in [-0.2, 0) is 29.0 Å². The van der Waals surface area contributed by atoms with Crippen molar-refractivity contribution < 1.29 is 9.47 Å². The molecule has 0 atom stereocenters. The monoisotopic (exact) mass is 335 g/mol. The number of ether oxygens (including phenoxy) is 2. The van der Waals surface area contributed by atoms with Gasteiger partial charge < -0.3 is 19.8 Å². The van der Waals surface area contributed by atoms with Crippen LogP contribution in [0.3, 0.4) is 0 Å². The number of hydrogen-bond donors (Lipinski definition) is 1. The van der Waals surface area contributed by atoms with Gasteiger partial charge in [0, 0.05) is 25.1 Å². The average molecular weight is 335 g/mol. The Morgan fingerprint density at radius 3 is 2.74 bits per heavy atom. The van der Waals surface area contributed by atoms with E-state index in [0.29, 0.717) is 42.2 Å². The summed E-state index contributed by atoms with van der Waals surface area (Å²) in [6.45, 7) is 9.75. The Balaban J connectivity index is 2.35. The second-order valence-electron chi connectivity index (χ2n) is 6.78. The number of hydrogen-bond acceptors (Lipinski definition) is 5. The highest BCUT2D eigenvalue weighted by Crippen LogP contribution is 2.33. The van der Waals surface area contributed by atoms with Gasteiger partial charge in [-0.05, 0) is 39.7 Å². The van der Waals surface area contributed by atoms with Crippen LogP contribution in [0.1, 0.15) is 50.8 Å². The molecule has 0 spiro atoms. The molecule has 0 aliphatic carbocycles. The van der Waals surface area contributed by atoms with Gasteiger partial charge in [-0.25, -0.2) is 0 Å².